The fraction of sp³-hybridized carbons (Fsp3) is 0.257. The average molecular weight is 634 g/mol. The van der Waals surface area contributed by atoms with Gasteiger partial charge in [-0.3, -0.25) is 13.9 Å². The highest BCUT2D eigenvalue weighted by Gasteiger charge is 2.35. The van der Waals surface area contributed by atoms with Crippen molar-refractivity contribution in [2.75, 3.05) is 10.8 Å². The monoisotopic (exact) mass is 633 g/mol. The van der Waals surface area contributed by atoms with E-state index in [9.17, 15) is 22.4 Å². The van der Waals surface area contributed by atoms with Gasteiger partial charge in [0, 0.05) is 24.6 Å². The summed E-state index contributed by atoms with van der Waals surface area (Å²) in [7, 11) is -4.38. The second-order valence-electron chi connectivity index (χ2n) is 10.9. The second kappa shape index (κ2) is 14.9. The number of halogens is 2. The van der Waals surface area contributed by atoms with Crippen LogP contribution in [0.5, 0.6) is 0 Å². The minimum Gasteiger partial charge on any atom is -0.352 e. The third kappa shape index (κ3) is 8.54. The van der Waals surface area contributed by atoms with Crippen LogP contribution in [0.1, 0.15) is 37.0 Å². The first-order valence-electron chi connectivity index (χ1n) is 14.7. The lowest BCUT2D eigenvalue weighted by atomic mass is 10.0. The summed E-state index contributed by atoms with van der Waals surface area (Å²) < 4.78 is 57.6. The van der Waals surface area contributed by atoms with E-state index in [0.29, 0.717) is 6.42 Å². The van der Waals surface area contributed by atoms with E-state index < -0.39 is 46.1 Å². The number of nitrogens with one attached hydrogen (secondary N) is 1. The third-order valence-electron chi connectivity index (χ3n) is 7.57. The van der Waals surface area contributed by atoms with E-state index >= 15 is 4.39 Å². The Bertz CT molecular complexity index is 1700. The zero-order valence-electron chi connectivity index (χ0n) is 25.5. The number of carbonyl (C=O) groups is 2. The lowest BCUT2D eigenvalue weighted by molar-refractivity contribution is -0.140. The second-order valence-corrected chi connectivity index (χ2v) is 12.8. The number of anilines is 1. The van der Waals surface area contributed by atoms with Crippen LogP contribution in [0.2, 0.25) is 0 Å². The van der Waals surface area contributed by atoms with Gasteiger partial charge in [-0.25, -0.2) is 17.2 Å². The first-order chi connectivity index (χ1) is 21.5. The number of aryl methyl sites for hydroxylation is 1. The lowest BCUT2D eigenvalue weighted by Crippen LogP contribution is -2.54. The molecule has 0 heterocycles. The molecule has 0 aromatic heterocycles. The van der Waals surface area contributed by atoms with Crippen molar-refractivity contribution in [3.63, 3.8) is 0 Å². The highest BCUT2D eigenvalue weighted by Crippen LogP contribution is 2.26. The van der Waals surface area contributed by atoms with Gasteiger partial charge in [0.15, 0.2) is 0 Å². The molecule has 1 N–H and O–H groups in total. The molecule has 45 heavy (non-hydrogen) atoms. The highest BCUT2D eigenvalue weighted by molar-refractivity contribution is 7.92. The van der Waals surface area contributed by atoms with Crippen molar-refractivity contribution < 1.29 is 26.8 Å². The maximum Gasteiger partial charge on any atom is 0.264 e. The molecule has 0 saturated heterocycles. The molecule has 0 unspecified atom stereocenters. The van der Waals surface area contributed by atoms with Crippen LogP contribution in [0.3, 0.4) is 0 Å². The Balaban J connectivity index is 1.81. The molecule has 10 heteroatoms. The molecule has 2 amide bonds. The summed E-state index contributed by atoms with van der Waals surface area (Å²) in [6.07, 6.45) is 0.751. The molecule has 0 aliphatic carbocycles. The maximum absolute atomic E-state index is 15.0. The quantitative estimate of drug-likeness (QED) is 0.195. The van der Waals surface area contributed by atoms with Crippen LogP contribution < -0.4 is 9.62 Å². The van der Waals surface area contributed by atoms with Crippen LogP contribution >= 0.6 is 0 Å². The highest BCUT2D eigenvalue weighted by atomic mass is 32.2. The predicted molar refractivity (Wildman–Crippen MR) is 171 cm³/mol. The Morgan fingerprint density at radius 3 is 2.09 bits per heavy atom. The minimum atomic E-state index is -4.38. The molecule has 0 bridgehead atoms. The first-order valence-corrected chi connectivity index (χ1v) is 16.2. The molecule has 236 valence electrons. The fourth-order valence-corrected chi connectivity index (χ4v) is 6.19. The van der Waals surface area contributed by atoms with Gasteiger partial charge >= 0.3 is 0 Å². The van der Waals surface area contributed by atoms with Crippen LogP contribution in [0, 0.1) is 18.6 Å². The van der Waals surface area contributed by atoms with E-state index in [2.05, 4.69) is 5.32 Å². The van der Waals surface area contributed by atoms with Gasteiger partial charge in [0.05, 0.1) is 10.6 Å². The van der Waals surface area contributed by atoms with Crippen LogP contribution in [-0.4, -0.2) is 43.8 Å². The molecule has 4 aromatic carbocycles. The number of nitrogens with zero attached hydrogens (tertiary/aromatic N) is 2. The molecule has 4 rings (SSSR count). The molecule has 0 spiro atoms. The van der Waals surface area contributed by atoms with Crippen molar-refractivity contribution >= 4 is 27.5 Å². The Morgan fingerprint density at radius 1 is 0.844 bits per heavy atom. The number of carbonyl (C=O) groups excluding carboxylic acids is 2. The van der Waals surface area contributed by atoms with E-state index in [1.54, 1.807) is 30.3 Å². The van der Waals surface area contributed by atoms with Gasteiger partial charge in [0.25, 0.3) is 10.0 Å². The van der Waals surface area contributed by atoms with Gasteiger partial charge in [0.2, 0.25) is 11.8 Å². The van der Waals surface area contributed by atoms with Crippen LogP contribution in [0.25, 0.3) is 0 Å². The van der Waals surface area contributed by atoms with Crippen LogP contribution in [0.4, 0.5) is 14.5 Å². The number of hydrogen-bond donors (Lipinski definition) is 1. The van der Waals surface area contributed by atoms with Crippen LogP contribution in [0.15, 0.2) is 108 Å². The Hall–Kier alpha value is -4.57. The lowest BCUT2D eigenvalue weighted by Gasteiger charge is -2.34. The maximum atomic E-state index is 15.0. The van der Waals surface area contributed by atoms with E-state index in [4.69, 9.17) is 0 Å². The van der Waals surface area contributed by atoms with Gasteiger partial charge in [-0.15, -0.1) is 0 Å². The number of benzene rings is 4. The van der Waals surface area contributed by atoms with Crippen molar-refractivity contribution in [1.82, 2.24) is 10.2 Å². The molecule has 0 radical (unpaired) electrons. The Morgan fingerprint density at radius 2 is 1.47 bits per heavy atom. The standard InChI is InChI=1S/C35H37F2N3O4S/c1-4-26(3)38-35(42)33(22-27-10-6-5-7-11-27)39(23-28-12-8-9-13-32(28)37)34(41)24-40(30-18-14-25(2)15-19-30)45(43,44)31-20-16-29(36)17-21-31/h5-21,26,33H,4,22-24H2,1-3H3,(H,38,42)/t26-,33+/m0/s1. The molecule has 2 atom stereocenters. The summed E-state index contributed by atoms with van der Waals surface area (Å²) >= 11 is 0. The van der Waals surface area contributed by atoms with Gasteiger partial charge in [-0.05, 0) is 68.3 Å². The molecule has 0 fully saturated rings. The molecular formula is C35H37F2N3O4S. The SMILES string of the molecule is CC[C@H](C)NC(=O)[C@@H](Cc1ccccc1)N(Cc1ccccc1F)C(=O)CN(c1ccc(C)cc1)S(=O)(=O)c1ccc(F)cc1. The van der Waals surface area contributed by atoms with E-state index in [-0.39, 0.29) is 35.2 Å². The minimum absolute atomic E-state index is 0.110. The summed E-state index contributed by atoms with van der Waals surface area (Å²) in [6.45, 7) is 4.62. The zero-order chi connectivity index (χ0) is 32.6. The predicted octanol–water partition coefficient (Wildman–Crippen LogP) is 6.02. The van der Waals surface area contributed by atoms with Crippen molar-refractivity contribution in [3.8, 4) is 0 Å². The molecular weight excluding hydrogens is 596 g/mol. The van der Waals surface area contributed by atoms with Crippen molar-refractivity contribution in [3.05, 3.63) is 131 Å². The summed E-state index contributed by atoms with van der Waals surface area (Å²) in [5, 5.41) is 2.94. The molecule has 7 nitrogen and oxygen atoms in total. The van der Waals surface area contributed by atoms with Gasteiger partial charge in [-0.2, -0.15) is 0 Å². The summed E-state index contributed by atoms with van der Waals surface area (Å²) in [5.41, 5.74) is 2.01. The Kier molecular flexibility index (Phi) is 11.1. The molecule has 0 aliphatic rings. The number of rotatable bonds is 13. The molecule has 0 saturated carbocycles. The first kappa shape index (κ1) is 33.3. The zero-order valence-corrected chi connectivity index (χ0v) is 26.3. The summed E-state index contributed by atoms with van der Waals surface area (Å²) in [6, 6.07) is 24.6. The van der Waals surface area contributed by atoms with E-state index in [1.165, 1.54) is 23.1 Å². The number of amides is 2. The van der Waals surface area contributed by atoms with E-state index in [0.717, 1.165) is 39.7 Å². The van der Waals surface area contributed by atoms with Crippen molar-refractivity contribution in [2.45, 2.75) is 57.1 Å². The largest absolute Gasteiger partial charge is 0.352 e. The molecule has 4 aromatic rings. The number of hydrogen-bond acceptors (Lipinski definition) is 4. The summed E-state index contributed by atoms with van der Waals surface area (Å²) in [5.74, 6) is -2.34. The Labute approximate surface area is 263 Å². The van der Waals surface area contributed by atoms with Gasteiger partial charge in [-0.1, -0.05) is 73.2 Å². The van der Waals surface area contributed by atoms with Crippen molar-refractivity contribution in [2.24, 2.45) is 0 Å². The van der Waals surface area contributed by atoms with Gasteiger partial charge in [0.1, 0.15) is 24.2 Å². The van der Waals surface area contributed by atoms with Gasteiger partial charge < -0.3 is 10.2 Å². The van der Waals surface area contributed by atoms with Crippen LogP contribution in [-0.2, 0) is 32.6 Å². The third-order valence-corrected chi connectivity index (χ3v) is 9.36. The fourth-order valence-electron chi connectivity index (χ4n) is 4.78. The van der Waals surface area contributed by atoms with E-state index in [1.807, 2.05) is 51.1 Å². The summed E-state index contributed by atoms with van der Waals surface area (Å²) in [4.78, 5) is 29.2. The molecule has 0 aliphatic heterocycles. The smallest absolute Gasteiger partial charge is 0.264 e. The topological polar surface area (TPSA) is 86.8 Å². The average Bonchev–Trinajstić information content (AvgIpc) is 3.03. The normalized spacial score (nSPS) is 12.6. The number of sulfonamides is 1. The van der Waals surface area contributed by atoms with Crippen molar-refractivity contribution in [1.29, 1.82) is 0 Å².